The molecule has 1 aliphatic carbocycles. The van der Waals surface area contributed by atoms with Crippen LogP contribution in [0.1, 0.15) is 23.2 Å². The fourth-order valence-electron chi connectivity index (χ4n) is 3.12. The van der Waals surface area contributed by atoms with E-state index in [1.165, 1.54) is 0 Å². The summed E-state index contributed by atoms with van der Waals surface area (Å²) < 4.78 is 6.90. The van der Waals surface area contributed by atoms with Crippen molar-refractivity contribution in [2.75, 3.05) is 7.11 Å². The third kappa shape index (κ3) is 2.31. The largest absolute Gasteiger partial charge is 0.493 e. The van der Waals surface area contributed by atoms with Crippen molar-refractivity contribution in [3.63, 3.8) is 0 Å². The Hall–Kier alpha value is -2.59. The van der Waals surface area contributed by atoms with Crippen LogP contribution in [0.3, 0.4) is 0 Å². The molecule has 0 radical (unpaired) electrons. The van der Waals surface area contributed by atoms with E-state index in [1.54, 1.807) is 29.8 Å². The molecule has 120 valence electrons. The first-order chi connectivity index (χ1) is 11.7. The Balaban J connectivity index is 1.95. The lowest BCUT2D eigenvalue weighted by Crippen LogP contribution is -2.20. The molecule has 0 saturated carbocycles. The molecule has 2 aromatic heterocycles. The number of nitrogens with zero attached hydrogens (tertiary/aromatic N) is 2. The van der Waals surface area contributed by atoms with Crippen LogP contribution in [0.4, 0.5) is 0 Å². The van der Waals surface area contributed by atoms with Gasteiger partial charge in [0, 0.05) is 16.8 Å². The van der Waals surface area contributed by atoms with E-state index in [4.69, 9.17) is 21.3 Å². The Morgan fingerprint density at radius 3 is 2.83 bits per heavy atom. The van der Waals surface area contributed by atoms with Gasteiger partial charge < -0.3 is 4.74 Å². The number of benzene rings is 1. The molecule has 2 heterocycles. The number of methoxy groups -OCH3 is 1. The average Bonchev–Trinajstić information content (AvgIpc) is 3.00. The fraction of sp³-hybridized carbons (Fsp3) is 0.158. The van der Waals surface area contributed by atoms with E-state index in [2.05, 4.69) is 0 Å². The second-order valence-electron chi connectivity index (χ2n) is 5.71. The van der Waals surface area contributed by atoms with Crippen molar-refractivity contribution in [2.24, 2.45) is 0 Å². The molecule has 4 nitrogen and oxygen atoms in total. The monoisotopic (exact) mass is 338 g/mol. The zero-order valence-corrected chi connectivity index (χ0v) is 13.9. The maximum atomic E-state index is 12.8. The Morgan fingerprint density at radius 1 is 1.21 bits per heavy atom. The summed E-state index contributed by atoms with van der Waals surface area (Å²) >= 11 is 6.25. The van der Waals surface area contributed by atoms with Crippen molar-refractivity contribution in [3.05, 3.63) is 74.8 Å². The van der Waals surface area contributed by atoms with Gasteiger partial charge >= 0.3 is 0 Å². The van der Waals surface area contributed by atoms with Crippen LogP contribution in [-0.2, 0) is 6.42 Å². The van der Waals surface area contributed by atoms with E-state index >= 15 is 0 Å². The number of halogens is 1. The van der Waals surface area contributed by atoms with Crippen molar-refractivity contribution >= 4 is 28.9 Å². The molecular formula is C19H15ClN2O2. The zero-order chi connectivity index (χ0) is 16.7. The molecule has 0 aliphatic heterocycles. The molecule has 0 saturated heterocycles. The highest BCUT2D eigenvalue weighted by atomic mass is 35.5. The number of pyridine rings is 1. The molecule has 0 fully saturated rings. The van der Waals surface area contributed by atoms with Crippen molar-refractivity contribution < 1.29 is 4.74 Å². The SMILES string of the molecule is COc1cccn2c(=O)c3c(nc12)C(=Cc1ccccc1Cl)CC3. The molecule has 4 rings (SSSR count). The summed E-state index contributed by atoms with van der Waals surface area (Å²) in [5.41, 5.74) is 3.98. The number of fused-ring (bicyclic) bond motifs is 2. The topological polar surface area (TPSA) is 43.6 Å². The minimum Gasteiger partial charge on any atom is -0.493 e. The van der Waals surface area contributed by atoms with Crippen molar-refractivity contribution in [1.82, 2.24) is 9.38 Å². The minimum absolute atomic E-state index is 0.0311. The van der Waals surface area contributed by atoms with E-state index in [9.17, 15) is 4.79 Å². The molecule has 0 atom stereocenters. The van der Waals surface area contributed by atoms with Gasteiger partial charge in [-0.25, -0.2) is 4.98 Å². The number of ether oxygens (including phenoxy) is 1. The van der Waals surface area contributed by atoms with Crippen molar-refractivity contribution in [2.45, 2.75) is 12.8 Å². The van der Waals surface area contributed by atoms with E-state index in [0.29, 0.717) is 22.8 Å². The van der Waals surface area contributed by atoms with Crippen LogP contribution in [0.5, 0.6) is 5.75 Å². The molecule has 0 spiro atoms. The quantitative estimate of drug-likeness (QED) is 0.713. The maximum absolute atomic E-state index is 12.8. The maximum Gasteiger partial charge on any atom is 0.261 e. The van der Waals surface area contributed by atoms with Gasteiger partial charge in [-0.15, -0.1) is 0 Å². The lowest BCUT2D eigenvalue weighted by molar-refractivity contribution is 0.416. The number of hydrogen-bond acceptors (Lipinski definition) is 3. The summed E-state index contributed by atoms with van der Waals surface area (Å²) in [6.45, 7) is 0. The highest BCUT2D eigenvalue weighted by Gasteiger charge is 2.23. The van der Waals surface area contributed by atoms with Gasteiger partial charge in [0.2, 0.25) is 0 Å². The van der Waals surface area contributed by atoms with E-state index in [1.807, 2.05) is 30.3 Å². The Labute approximate surface area is 144 Å². The van der Waals surface area contributed by atoms with Gasteiger partial charge in [-0.1, -0.05) is 29.8 Å². The third-order valence-corrected chi connectivity index (χ3v) is 4.66. The first-order valence-electron chi connectivity index (χ1n) is 7.73. The first kappa shape index (κ1) is 15.0. The van der Waals surface area contributed by atoms with Crippen LogP contribution >= 0.6 is 11.6 Å². The molecule has 0 unspecified atom stereocenters. The van der Waals surface area contributed by atoms with Gasteiger partial charge in [0.05, 0.1) is 12.8 Å². The second-order valence-corrected chi connectivity index (χ2v) is 6.11. The molecular weight excluding hydrogens is 324 g/mol. The van der Waals surface area contributed by atoms with Gasteiger partial charge in [0.1, 0.15) is 0 Å². The molecule has 1 aliphatic rings. The van der Waals surface area contributed by atoms with E-state index in [0.717, 1.165) is 28.8 Å². The van der Waals surface area contributed by atoms with Crippen LogP contribution in [0.2, 0.25) is 5.02 Å². The molecule has 0 amide bonds. The molecule has 1 aromatic carbocycles. The van der Waals surface area contributed by atoms with Crippen LogP contribution in [0.15, 0.2) is 47.4 Å². The third-order valence-electron chi connectivity index (χ3n) is 4.32. The number of rotatable bonds is 2. The highest BCUT2D eigenvalue weighted by molar-refractivity contribution is 6.32. The van der Waals surface area contributed by atoms with Crippen molar-refractivity contribution in [1.29, 1.82) is 0 Å². The molecule has 0 N–H and O–H groups in total. The lowest BCUT2D eigenvalue weighted by Gasteiger charge is -2.08. The van der Waals surface area contributed by atoms with E-state index < -0.39 is 0 Å². The van der Waals surface area contributed by atoms with Crippen LogP contribution < -0.4 is 10.3 Å². The van der Waals surface area contributed by atoms with E-state index in [-0.39, 0.29) is 5.56 Å². The minimum atomic E-state index is -0.0311. The van der Waals surface area contributed by atoms with Gasteiger partial charge in [-0.2, -0.15) is 0 Å². The van der Waals surface area contributed by atoms with Gasteiger partial charge in [0.15, 0.2) is 11.4 Å². The summed E-state index contributed by atoms with van der Waals surface area (Å²) in [7, 11) is 1.58. The first-order valence-corrected chi connectivity index (χ1v) is 8.10. The Morgan fingerprint density at radius 2 is 2.04 bits per heavy atom. The number of hydrogen-bond donors (Lipinski definition) is 0. The predicted molar refractivity (Wildman–Crippen MR) is 95.7 cm³/mol. The van der Waals surface area contributed by atoms with Crippen molar-refractivity contribution in [3.8, 4) is 5.75 Å². The molecule has 24 heavy (non-hydrogen) atoms. The summed E-state index contributed by atoms with van der Waals surface area (Å²) in [4.78, 5) is 17.5. The molecule has 5 heteroatoms. The van der Waals surface area contributed by atoms with Crippen LogP contribution in [-0.4, -0.2) is 16.5 Å². The second kappa shape index (κ2) is 5.80. The van der Waals surface area contributed by atoms with Gasteiger partial charge in [-0.05, 0) is 48.3 Å². The smallest absolute Gasteiger partial charge is 0.261 e. The predicted octanol–water partition coefficient (Wildman–Crippen LogP) is 3.84. The van der Waals surface area contributed by atoms with Crippen LogP contribution in [0, 0.1) is 0 Å². The standard InChI is InChI=1S/C19H15ClN2O2/c1-24-16-7-4-10-22-18(16)21-17-13(8-9-14(17)19(22)23)11-12-5-2-3-6-15(12)20/h2-7,10-11H,8-9H2,1H3. The number of aromatic nitrogens is 2. The van der Waals surface area contributed by atoms with Crippen LogP contribution in [0.25, 0.3) is 17.3 Å². The lowest BCUT2D eigenvalue weighted by atomic mass is 10.1. The summed E-state index contributed by atoms with van der Waals surface area (Å²) in [6, 6.07) is 11.3. The average molecular weight is 339 g/mol. The molecule has 3 aromatic rings. The van der Waals surface area contributed by atoms with Gasteiger partial charge in [0.25, 0.3) is 5.56 Å². The summed E-state index contributed by atoms with van der Waals surface area (Å²) in [5, 5.41) is 0.688. The number of allylic oxidation sites excluding steroid dienone is 1. The normalized spacial score (nSPS) is 15.0. The molecule has 0 bridgehead atoms. The summed E-state index contributed by atoms with van der Waals surface area (Å²) in [6.07, 6.45) is 5.22. The zero-order valence-electron chi connectivity index (χ0n) is 13.1. The van der Waals surface area contributed by atoms with Gasteiger partial charge in [-0.3, -0.25) is 9.20 Å². The summed E-state index contributed by atoms with van der Waals surface area (Å²) in [5.74, 6) is 0.585. The Bertz CT molecular complexity index is 1040. The highest BCUT2D eigenvalue weighted by Crippen LogP contribution is 2.33. The Kier molecular flexibility index (Phi) is 3.62. The fourth-order valence-corrected chi connectivity index (χ4v) is 3.31.